The lowest BCUT2D eigenvalue weighted by Crippen LogP contribution is -3.10. The van der Waals surface area contributed by atoms with E-state index in [2.05, 4.69) is 30.5 Å². The molecule has 1 fully saturated rings. The van der Waals surface area contributed by atoms with E-state index in [1.807, 2.05) is 13.0 Å². The van der Waals surface area contributed by atoms with E-state index in [4.69, 9.17) is 9.15 Å². The van der Waals surface area contributed by atoms with Crippen LogP contribution in [-0.2, 0) is 17.8 Å². The molecule has 4 rings (SSSR count). The molecule has 1 aliphatic heterocycles. The molecule has 27 heavy (non-hydrogen) atoms. The SMILES string of the molecule is Cc1cc2oc(=O)cc(C[NH+](Cc3cccs3)C[C@H]3CCCO3)c2cc1C. The van der Waals surface area contributed by atoms with Crippen LogP contribution in [0.4, 0.5) is 0 Å². The van der Waals surface area contributed by atoms with Gasteiger partial charge in [0.15, 0.2) is 0 Å². The number of hydrogen-bond acceptors (Lipinski definition) is 4. The van der Waals surface area contributed by atoms with Crippen LogP contribution in [0.15, 0.2) is 44.9 Å². The Bertz CT molecular complexity index is 971. The van der Waals surface area contributed by atoms with E-state index in [9.17, 15) is 4.79 Å². The summed E-state index contributed by atoms with van der Waals surface area (Å²) in [5.41, 5.74) is 3.84. The number of benzene rings is 1. The summed E-state index contributed by atoms with van der Waals surface area (Å²) in [5, 5.41) is 3.17. The zero-order valence-corrected chi connectivity index (χ0v) is 16.7. The van der Waals surface area contributed by atoms with Crippen molar-refractivity contribution in [1.29, 1.82) is 0 Å². The van der Waals surface area contributed by atoms with E-state index in [-0.39, 0.29) is 5.63 Å². The Morgan fingerprint density at radius 3 is 2.78 bits per heavy atom. The number of fused-ring (bicyclic) bond motifs is 1. The van der Waals surface area contributed by atoms with Crippen molar-refractivity contribution in [3.05, 3.63) is 67.7 Å². The van der Waals surface area contributed by atoms with Crippen LogP contribution < -0.4 is 10.5 Å². The largest absolute Gasteiger partial charge is 0.423 e. The molecule has 1 aromatic carbocycles. The zero-order chi connectivity index (χ0) is 18.8. The van der Waals surface area contributed by atoms with Crippen molar-refractivity contribution in [2.75, 3.05) is 13.2 Å². The summed E-state index contributed by atoms with van der Waals surface area (Å²) >= 11 is 1.79. The number of ether oxygens (including phenoxy) is 1. The first kappa shape index (κ1) is 18.4. The number of quaternary nitrogens is 1. The summed E-state index contributed by atoms with van der Waals surface area (Å²) < 4.78 is 11.4. The van der Waals surface area contributed by atoms with Crippen LogP contribution in [0.1, 0.15) is 34.4 Å². The van der Waals surface area contributed by atoms with Crippen LogP contribution in [0, 0.1) is 13.8 Å². The van der Waals surface area contributed by atoms with Crippen molar-refractivity contribution >= 4 is 22.3 Å². The molecule has 3 heterocycles. The molecular formula is C22H26NO3S+. The lowest BCUT2D eigenvalue weighted by Gasteiger charge is -2.22. The van der Waals surface area contributed by atoms with Crippen molar-refractivity contribution in [1.82, 2.24) is 0 Å². The molecule has 1 unspecified atom stereocenters. The average molecular weight is 385 g/mol. The van der Waals surface area contributed by atoms with Crippen LogP contribution in [-0.4, -0.2) is 19.3 Å². The van der Waals surface area contributed by atoms with Gasteiger partial charge < -0.3 is 14.1 Å². The molecule has 1 N–H and O–H groups in total. The van der Waals surface area contributed by atoms with Gasteiger partial charge in [0.05, 0.1) is 4.88 Å². The number of thiophene rings is 1. The second kappa shape index (κ2) is 7.97. The third kappa shape index (κ3) is 4.32. The number of aryl methyl sites for hydroxylation is 2. The minimum atomic E-state index is -0.270. The van der Waals surface area contributed by atoms with Gasteiger partial charge in [-0.1, -0.05) is 6.07 Å². The predicted octanol–water partition coefficient (Wildman–Crippen LogP) is 3.24. The molecule has 0 saturated carbocycles. The van der Waals surface area contributed by atoms with Crippen molar-refractivity contribution in [3.63, 3.8) is 0 Å². The molecule has 1 saturated heterocycles. The maximum atomic E-state index is 12.1. The Morgan fingerprint density at radius 1 is 1.19 bits per heavy atom. The molecule has 0 radical (unpaired) electrons. The maximum Gasteiger partial charge on any atom is 0.336 e. The molecule has 0 amide bonds. The Morgan fingerprint density at radius 2 is 2.04 bits per heavy atom. The summed E-state index contributed by atoms with van der Waals surface area (Å²) in [4.78, 5) is 14.9. The summed E-state index contributed by atoms with van der Waals surface area (Å²) in [7, 11) is 0. The average Bonchev–Trinajstić information content (AvgIpc) is 3.30. The first-order valence-corrected chi connectivity index (χ1v) is 10.5. The maximum absolute atomic E-state index is 12.1. The van der Waals surface area contributed by atoms with E-state index in [0.717, 1.165) is 55.6 Å². The summed E-state index contributed by atoms with van der Waals surface area (Å²) in [6.07, 6.45) is 2.59. The summed E-state index contributed by atoms with van der Waals surface area (Å²) in [6.45, 7) is 7.73. The van der Waals surface area contributed by atoms with E-state index in [0.29, 0.717) is 11.7 Å². The van der Waals surface area contributed by atoms with Crippen LogP contribution in [0.25, 0.3) is 11.0 Å². The van der Waals surface area contributed by atoms with E-state index in [1.165, 1.54) is 15.3 Å². The molecule has 142 valence electrons. The second-order valence-corrected chi connectivity index (χ2v) is 8.58. The fourth-order valence-corrected chi connectivity index (χ4v) is 4.67. The van der Waals surface area contributed by atoms with Gasteiger partial charge in [-0.2, -0.15) is 0 Å². The summed E-state index contributed by atoms with van der Waals surface area (Å²) in [6, 6.07) is 10.1. The predicted molar refractivity (Wildman–Crippen MR) is 108 cm³/mol. The molecule has 0 aliphatic carbocycles. The minimum Gasteiger partial charge on any atom is -0.423 e. The molecule has 1 aliphatic rings. The Hall–Kier alpha value is -1.95. The molecule has 2 aromatic heterocycles. The molecule has 3 aromatic rings. The zero-order valence-electron chi connectivity index (χ0n) is 15.9. The smallest absolute Gasteiger partial charge is 0.336 e. The molecule has 0 spiro atoms. The standard InChI is InChI=1S/C22H25NO3S/c1-15-9-20-17(11-22(24)26-21(20)10-16(15)2)12-23(13-18-5-3-7-25-18)14-19-6-4-8-27-19/h4,6,8-11,18H,3,5,7,12-14H2,1-2H3/p+1/t18-/m1/s1. The highest BCUT2D eigenvalue weighted by atomic mass is 32.1. The lowest BCUT2D eigenvalue weighted by atomic mass is 10.0. The minimum absolute atomic E-state index is 0.270. The van der Waals surface area contributed by atoms with Crippen LogP contribution in [0.5, 0.6) is 0 Å². The van der Waals surface area contributed by atoms with Crippen LogP contribution >= 0.6 is 11.3 Å². The summed E-state index contributed by atoms with van der Waals surface area (Å²) in [5.74, 6) is 0. The van der Waals surface area contributed by atoms with Gasteiger partial charge in [0.1, 0.15) is 31.3 Å². The van der Waals surface area contributed by atoms with Gasteiger partial charge >= 0.3 is 5.63 Å². The Balaban J connectivity index is 1.66. The van der Waals surface area contributed by atoms with Crippen molar-refractivity contribution in [3.8, 4) is 0 Å². The third-order valence-electron chi connectivity index (χ3n) is 5.43. The highest BCUT2D eigenvalue weighted by Gasteiger charge is 2.23. The van der Waals surface area contributed by atoms with Gasteiger partial charge in [-0.3, -0.25) is 0 Å². The number of nitrogens with one attached hydrogen (secondary N) is 1. The van der Waals surface area contributed by atoms with E-state index >= 15 is 0 Å². The lowest BCUT2D eigenvalue weighted by molar-refractivity contribution is -0.930. The Kier molecular flexibility index (Phi) is 5.43. The Labute approximate surface area is 163 Å². The molecule has 4 nitrogen and oxygen atoms in total. The van der Waals surface area contributed by atoms with Gasteiger partial charge in [0.2, 0.25) is 0 Å². The highest BCUT2D eigenvalue weighted by Crippen LogP contribution is 2.21. The number of hydrogen-bond donors (Lipinski definition) is 1. The molecular weight excluding hydrogens is 358 g/mol. The first-order valence-electron chi connectivity index (χ1n) is 9.60. The second-order valence-electron chi connectivity index (χ2n) is 7.55. The fourth-order valence-electron chi connectivity index (χ4n) is 3.89. The van der Waals surface area contributed by atoms with Crippen molar-refractivity contribution in [2.24, 2.45) is 0 Å². The topological polar surface area (TPSA) is 43.9 Å². The van der Waals surface area contributed by atoms with Crippen molar-refractivity contribution < 1.29 is 14.1 Å². The van der Waals surface area contributed by atoms with Crippen molar-refractivity contribution in [2.45, 2.75) is 45.9 Å². The quantitative estimate of drug-likeness (QED) is 0.664. The monoisotopic (exact) mass is 384 g/mol. The van der Waals surface area contributed by atoms with E-state index < -0.39 is 0 Å². The fraction of sp³-hybridized carbons (Fsp3) is 0.409. The number of rotatable bonds is 6. The third-order valence-corrected chi connectivity index (χ3v) is 6.31. The van der Waals surface area contributed by atoms with Gasteiger partial charge in [0.25, 0.3) is 0 Å². The molecule has 5 heteroatoms. The van der Waals surface area contributed by atoms with Crippen LogP contribution in [0.3, 0.4) is 0 Å². The van der Waals surface area contributed by atoms with Crippen LogP contribution in [0.2, 0.25) is 0 Å². The highest BCUT2D eigenvalue weighted by molar-refractivity contribution is 7.09. The van der Waals surface area contributed by atoms with Gasteiger partial charge in [-0.25, -0.2) is 4.79 Å². The first-order chi connectivity index (χ1) is 13.1. The van der Waals surface area contributed by atoms with Gasteiger partial charge in [-0.15, -0.1) is 11.3 Å². The molecule has 2 atom stereocenters. The normalized spacial score (nSPS) is 18.2. The van der Waals surface area contributed by atoms with Gasteiger partial charge in [-0.05, 0) is 61.4 Å². The van der Waals surface area contributed by atoms with E-state index in [1.54, 1.807) is 17.4 Å². The van der Waals surface area contributed by atoms with Gasteiger partial charge in [0, 0.05) is 23.6 Å². The molecule has 0 bridgehead atoms.